The lowest BCUT2D eigenvalue weighted by Crippen LogP contribution is -2.14. The van der Waals surface area contributed by atoms with Crippen molar-refractivity contribution in [2.24, 2.45) is 0 Å². The van der Waals surface area contributed by atoms with Crippen LogP contribution in [0.15, 0.2) is 70.7 Å². The number of methoxy groups -OCH3 is 1. The number of carbonyl (C=O) groups is 1. The smallest absolute Gasteiger partial charge is 0.266 e. The van der Waals surface area contributed by atoms with E-state index in [4.69, 9.17) is 9.47 Å². The van der Waals surface area contributed by atoms with Gasteiger partial charge in [0.1, 0.15) is 18.2 Å². The summed E-state index contributed by atoms with van der Waals surface area (Å²) in [5.74, 6) is 0.581. The van der Waals surface area contributed by atoms with Crippen molar-refractivity contribution in [1.82, 2.24) is 0 Å². The van der Waals surface area contributed by atoms with Crippen molar-refractivity contribution in [3.8, 4) is 17.6 Å². The highest BCUT2D eigenvalue weighted by Crippen LogP contribution is 2.35. The molecular formula is C26H23BrN2O3. The Balaban J connectivity index is 1.84. The number of carbonyl (C=O) groups excluding carboxylic acids is 1. The molecule has 3 aromatic carbocycles. The van der Waals surface area contributed by atoms with E-state index < -0.39 is 5.91 Å². The highest BCUT2D eigenvalue weighted by molar-refractivity contribution is 9.10. The van der Waals surface area contributed by atoms with Crippen LogP contribution < -0.4 is 14.8 Å². The van der Waals surface area contributed by atoms with Crippen LogP contribution in [0.2, 0.25) is 0 Å². The van der Waals surface area contributed by atoms with Crippen molar-refractivity contribution in [2.75, 3.05) is 12.4 Å². The molecule has 162 valence electrons. The first-order valence-corrected chi connectivity index (χ1v) is 10.8. The Kier molecular flexibility index (Phi) is 7.69. The first-order valence-electron chi connectivity index (χ1n) is 9.96. The number of amides is 1. The minimum Gasteiger partial charge on any atom is -0.493 e. The predicted octanol–water partition coefficient (Wildman–Crippen LogP) is 6.20. The Bertz CT molecular complexity index is 1200. The molecule has 0 aromatic heterocycles. The monoisotopic (exact) mass is 490 g/mol. The maximum atomic E-state index is 12.7. The van der Waals surface area contributed by atoms with E-state index >= 15 is 0 Å². The minimum atomic E-state index is -0.475. The molecule has 0 aliphatic rings. The average molecular weight is 491 g/mol. The fourth-order valence-electron chi connectivity index (χ4n) is 3.05. The second-order valence-electron chi connectivity index (χ2n) is 7.17. The average Bonchev–Trinajstić information content (AvgIpc) is 2.80. The molecule has 0 saturated carbocycles. The molecular weight excluding hydrogens is 468 g/mol. The number of anilines is 1. The summed E-state index contributed by atoms with van der Waals surface area (Å²) in [6.07, 6.45) is 1.52. The van der Waals surface area contributed by atoms with E-state index in [0.717, 1.165) is 16.7 Å². The Morgan fingerprint density at radius 1 is 1.09 bits per heavy atom. The zero-order valence-corrected chi connectivity index (χ0v) is 19.7. The standard InChI is InChI=1S/C26H23BrN2O3/c1-17-8-7-11-23(18(17)2)29-26(30)21(15-28)12-20-13-24(31-3)25(14-22(20)27)32-16-19-9-5-4-6-10-19/h4-14H,16H2,1-3H3,(H,29,30)/b21-12+. The van der Waals surface area contributed by atoms with Crippen LogP contribution in [0.3, 0.4) is 0 Å². The Morgan fingerprint density at radius 2 is 1.84 bits per heavy atom. The first-order chi connectivity index (χ1) is 15.4. The summed E-state index contributed by atoms with van der Waals surface area (Å²) in [5, 5.41) is 12.4. The summed E-state index contributed by atoms with van der Waals surface area (Å²) in [6, 6.07) is 20.9. The van der Waals surface area contributed by atoms with Gasteiger partial charge in [-0.1, -0.05) is 58.4 Å². The maximum Gasteiger partial charge on any atom is 0.266 e. The van der Waals surface area contributed by atoms with Crippen LogP contribution in [0, 0.1) is 25.2 Å². The third kappa shape index (κ3) is 5.57. The van der Waals surface area contributed by atoms with E-state index in [1.807, 2.05) is 68.4 Å². The molecule has 0 saturated heterocycles. The number of hydrogen-bond acceptors (Lipinski definition) is 4. The molecule has 1 N–H and O–H groups in total. The molecule has 1 amide bonds. The van der Waals surface area contributed by atoms with E-state index in [0.29, 0.717) is 33.8 Å². The van der Waals surface area contributed by atoms with E-state index in [1.165, 1.54) is 6.08 Å². The molecule has 0 heterocycles. The van der Waals surface area contributed by atoms with Crippen molar-refractivity contribution >= 4 is 33.6 Å². The number of nitrogens with zero attached hydrogens (tertiary/aromatic N) is 1. The first kappa shape index (κ1) is 23.1. The molecule has 0 spiro atoms. The largest absolute Gasteiger partial charge is 0.493 e. The van der Waals surface area contributed by atoms with Crippen molar-refractivity contribution in [1.29, 1.82) is 5.26 Å². The molecule has 3 rings (SSSR count). The molecule has 0 aliphatic carbocycles. The summed E-state index contributed by atoms with van der Waals surface area (Å²) in [7, 11) is 1.55. The number of halogens is 1. The highest BCUT2D eigenvalue weighted by atomic mass is 79.9. The van der Waals surface area contributed by atoms with Gasteiger partial charge in [0.15, 0.2) is 11.5 Å². The van der Waals surface area contributed by atoms with Crippen LogP contribution in [0.1, 0.15) is 22.3 Å². The topological polar surface area (TPSA) is 71.3 Å². The third-order valence-electron chi connectivity index (χ3n) is 5.04. The number of benzene rings is 3. The Labute approximate surface area is 196 Å². The van der Waals surface area contributed by atoms with Gasteiger partial charge in [-0.25, -0.2) is 0 Å². The summed E-state index contributed by atoms with van der Waals surface area (Å²) in [4.78, 5) is 12.7. The van der Waals surface area contributed by atoms with Crippen molar-refractivity contribution in [3.63, 3.8) is 0 Å². The van der Waals surface area contributed by atoms with Crippen LogP contribution in [-0.2, 0) is 11.4 Å². The number of nitriles is 1. The molecule has 0 radical (unpaired) electrons. The molecule has 0 atom stereocenters. The summed E-state index contributed by atoms with van der Waals surface area (Å²) < 4.78 is 12.1. The number of ether oxygens (including phenoxy) is 2. The number of aryl methyl sites for hydroxylation is 1. The lowest BCUT2D eigenvalue weighted by molar-refractivity contribution is -0.112. The van der Waals surface area contributed by atoms with Gasteiger partial charge in [0.05, 0.1) is 7.11 Å². The maximum absolute atomic E-state index is 12.7. The molecule has 0 aliphatic heterocycles. The van der Waals surface area contributed by atoms with E-state index in [9.17, 15) is 10.1 Å². The van der Waals surface area contributed by atoms with Gasteiger partial charge in [-0.2, -0.15) is 5.26 Å². The number of hydrogen-bond donors (Lipinski definition) is 1. The summed E-state index contributed by atoms with van der Waals surface area (Å²) in [5.41, 5.74) is 4.33. The number of nitrogens with one attached hydrogen (secondary N) is 1. The normalized spacial score (nSPS) is 10.9. The van der Waals surface area contributed by atoms with E-state index in [1.54, 1.807) is 19.2 Å². The van der Waals surface area contributed by atoms with Gasteiger partial charge in [-0.15, -0.1) is 0 Å². The van der Waals surface area contributed by atoms with Crippen molar-refractivity contribution in [3.05, 3.63) is 93.0 Å². The molecule has 0 unspecified atom stereocenters. The molecule has 3 aromatic rings. The van der Waals surface area contributed by atoms with Crippen LogP contribution in [0.25, 0.3) is 6.08 Å². The Hall–Kier alpha value is -3.56. The SMILES string of the molecule is COc1cc(/C=C(\C#N)C(=O)Nc2cccc(C)c2C)c(Br)cc1OCc1ccccc1. The van der Waals surface area contributed by atoms with E-state index in [-0.39, 0.29) is 5.57 Å². The highest BCUT2D eigenvalue weighted by Gasteiger charge is 2.15. The Morgan fingerprint density at radius 3 is 2.53 bits per heavy atom. The van der Waals surface area contributed by atoms with Gasteiger partial charge in [-0.05, 0) is 60.4 Å². The zero-order chi connectivity index (χ0) is 23.1. The van der Waals surface area contributed by atoms with Gasteiger partial charge in [0.25, 0.3) is 5.91 Å². The second kappa shape index (κ2) is 10.7. The van der Waals surface area contributed by atoms with Gasteiger partial charge >= 0.3 is 0 Å². The second-order valence-corrected chi connectivity index (χ2v) is 8.02. The lowest BCUT2D eigenvalue weighted by Gasteiger charge is -2.13. The zero-order valence-electron chi connectivity index (χ0n) is 18.1. The molecule has 6 heteroatoms. The van der Waals surface area contributed by atoms with Crippen LogP contribution in [0.4, 0.5) is 5.69 Å². The minimum absolute atomic E-state index is 0.0217. The lowest BCUT2D eigenvalue weighted by atomic mass is 10.1. The van der Waals surface area contributed by atoms with Crippen LogP contribution in [0.5, 0.6) is 11.5 Å². The molecule has 5 nitrogen and oxygen atoms in total. The van der Waals surface area contributed by atoms with Gasteiger partial charge in [-0.3, -0.25) is 4.79 Å². The van der Waals surface area contributed by atoms with Gasteiger partial charge in [0.2, 0.25) is 0 Å². The quantitative estimate of drug-likeness (QED) is 0.316. The third-order valence-corrected chi connectivity index (χ3v) is 5.72. The molecule has 0 fully saturated rings. The van der Waals surface area contributed by atoms with Crippen molar-refractivity contribution < 1.29 is 14.3 Å². The summed E-state index contributed by atoms with van der Waals surface area (Å²) >= 11 is 3.51. The fraction of sp³-hybridized carbons (Fsp3) is 0.154. The van der Waals surface area contributed by atoms with Crippen LogP contribution in [-0.4, -0.2) is 13.0 Å². The van der Waals surface area contributed by atoms with Crippen LogP contribution >= 0.6 is 15.9 Å². The van der Waals surface area contributed by atoms with Crippen molar-refractivity contribution in [2.45, 2.75) is 20.5 Å². The fourth-order valence-corrected chi connectivity index (χ4v) is 3.49. The summed E-state index contributed by atoms with van der Waals surface area (Å²) in [6.45, 7) is 4.29. The molecule has 0 bridgehead atoms. The van der Waals surface area contributed by atoms with Gasteiger partial charge < -0.3 is 14.8 Å². The molecule has 32 heavy (non-hydrogen) atoms. The number of rotatable bonds is 7. The van der Waals surface area contributed by atoms with Gasteiger partial charge in [0, 0.05) is 10.2 Å². The van der Waals surface area contributed by atoms with E-state index in [2.05, 4.69) is 21.2 Å². The predicted molar refractivity (Wildman–Crippen MR) is 130 cm³/mol.